The van der Waals surface area contributed by atoms with Gasteiger partial charge in [-0.05, 0) is 58.0 Å². The molecule has 8 heteroatoms. The Bertz CT molecular complexity index is 806. The van der Waals surface area contributed by atoms with Gasteiger partial charge < -0.3 is 15.4 Å². The average Bonchev–Trinajstić information content (AvgIpc) is 2.57. The Kier molecular flexibility index (Phi) is 6.33. The third-order valence-corrected chi connectivity index (χ3v) is 3.34. The largest absolute Gasteiger partial charge is 0.443 e. The number of nitrogens with one attached hydrogen (secondary N) is 2. The minimum atomic E-state index is -0.758. The maximum atomic E-state index is 13.7. The standard InChI is InChI=1S/C19H23FN4O3/c1-5-24(18(26)27-19(2,3)4)17(25)23-15-9-8-13(20)11-16(15)22-14-7-6-10-21-12-14/h6-12,22H,5H2,1-4H3,(H,23,25). The molecule has 0 atom stereocenters. The Morgan fingerprint density at radius 3 is 2.56 bits per heavy atom. The lowest BCUT2D eigenvalue weighted by atomic mass is 10.2. The van der Waals surface area contributed by atoms with Gasteiger partial charge in [0.25, 0.3) is 0 Å². The van der Waals surface area contributed by atoms with Gasteiger partial charge in [0, 0.05) is 12.7 Å². The molecule has 0 spiro atoms. The van der Waals surface area contributed by atoms with Crippen molar-refractivity contribution < 1.29 is 18.7 Å². The van der Waals surface area contributed by atoms with Gasteiger partial charge in [-0.2, -0.15) is 0 Å². The van der Waals surface area contributed by atoms with E-state index in [2.05, 4.69) is 15.6 Å². The first kappa shape index (κ1) is 20.2. The lowest BCUT2D eigenvalue weighted by Crippen LogP contribution is -2.43. The second-order valence-electron chi connectivity index (χ2n) is 6.71. The molecule has 1 aromatic heterocycles. The van der Waals surface area contributed by atoms with Crippen LogP contribution in [-0.4, -0.2) is 34.2 Å². The van der Waals surface area contributed by atoms with Crippen molar-refractivity contribution in [3.05, 3.63) is 48.5 Å². The number of nitrogens with zero attached hydrogens (tertiary/aromatic N) is 2. The number of ether oxygens (including phenoxy) is 1. The highest BCUT2D eigenvalue weighted by molar-refractivity contribution is 6.01. The molecule has 0 unspecified atom stereocenters. The zero-order valence-corrected chi connectivity index (χ0v) is 15.7. The lowest BCUT2D eigenvalue weighted by Gasteiger charge is -2.25. The number of imide groups is 1. The van der Waals surface area contributed by atoms with Crippen LogP contribution in [0.1, 0.15) is 27.7 Å². The highest BCUT2D eigenvalue weighted by atomic mass is 19.1. The van der Waals surface area contributed by atoms with E-state index in [-0.39, 0.29) is 6.54 Å². The van der Waals surface area contributed by atoms with Crippen LogP contribution in [0.3, 0.4) is 0 Å². The Hall–Kier alpha value is -3.16. The van der Waals surface area contributed by atoms with Crippen LogP contribution in [0.2, 0.25) is 0 Å². The van der Waals surface area contributed by atoms with Gasteiger partial charge >= 0.3 is 12.1 Å². The summed E-state index contributed by atoms with van der Waals surface area (Å²) >= 11 is 0. The zero-order chi connectivity index (χ0) is 20.0. The van der Waals surface area contributed by atoms with Gasteiger partial charge in [-0.15, -0.1) is 0 Å². The summed E-state index contributed by atoms with van der Waals surface area (Å²) in [4.78, 5) is 29.7. The van der Waals surface area contributed by atoms with E-state index >= 15 is 0 Å². The molecule has 2 rings (SSSR count). The molecule has 27 heavy (non-hydrogen) atoms. The topological polar surface area (TPSA) is 83.6 Å². The highest BCUT2D eigenvalue weighted by Crippen LogP contribution is 2.26. The van der Waals surface area contributed by atoms with Crippen LogP contribution in [0.15, 0.2) is 42.7 Å². The first-order chi connectivity index (χ1) is 12.7. The third kappa shape index (κ3) is 5.95. The first-order valence-electron chi connectivity index (χ1n) is 8.47. The molecule has 0 aliphatic rings. The maximum absolute atomic E-state index is 13.7. The summed E-state index contributed by atoms with van der Waals surface area (Å²) in [6.07, 6.45) is 2.42. The minimum absolute atomic E-state index is 0.118. The number of halogens is 1. The Morgan fingerprint density at radius 2 is 1.96 bits per heavy atom. The van der Waals surface area contributed by atoms with Crippen LogP contribution in [0.5, 0.6) is 0 Å². The SMILES string of the molecule is CCN(C(=O)Nc1ccc(F)cc1Nc1cccnc1)C(=O)OC(C)(C)C. The van der Waals surface area contributed by atoms with Gasteiger partial charge in [-0.25, -0.2) is 18.9 Å². The summed E-state index contributed by atoms with van der Waals surface area (Å²) in [5.74, 6) is -0.473. The lowest BCUT2D eigenvalue weighted by molar-refractivity contribution is 0.0340. The summed E-state index contributed by atoms with van der Waals surface area (Å²) in [5, 5.41) is 5.60. The Balaban J connectivity index is 2.20. The number of carbonyl (C=O) groups excluding carboxylic acids is 2. The van der Waals surface area contributed by atoms with Gasteiger partial charge in [0.2, 0.25) is 0 Å². The molecule has 0 saturated carbocycles. The summed E-state index contributed by atoms with van der Waals surface area (Å²) in [7, 11) is 0. The predicted molar refractivity (Wildman–Crippen MR) is 102 cm³/mol. The van der Waals surface area contributed by atoms with Crippen molar-refractivity contribution in [3.8, 4) is 0 Å². The van der Waals surface area contributed by atoms with E-state index in [1.165, 1.54) is 18.2 Å². The van der Waals surface area contributed by atoms with Crippen LogP contribution >= 0.6 is 0 Å². The summed E-state index contributed by atoms with van der Waals surface area (Å²) < 4.78 is 18.9. The highest BCUT2D eigenvalue weighted by Gasteiger charge is 2.26. The summed E-state index contributed by atoms with van der Waals surface area (Å²) in [5.41, 5.74) is 0.537. The minimum Gasteiger partial charge on any atom is -0.443 e. The van der Waals surface area contributed by atoms with Crippen LogP contribution in [0.25, 0.3) is 0 Å². The van der Waals surface area contributed by atoms with E-state index in [1.54, 1.807) is 52.2 Å². The number of rotatable bonds is 4. The number of pyridine rings is 1. The van der Waals surface area contributed by atoms with Gasteiger partial charge in [-0.1, -0.05) is 0 Å². The van der Waals surface area contributed by atoms with Crippen molar-refractivity contribution in [2.45, 2.75) is 33.3 Å². The fourth-order valence-corrected chi connectivity index (χ4v) is 2.18. The van der Waals surface area contributed by atoms with Crippen LogP contribution in [0.4, 0.5) is 31.0 Å². The number of urea groups is 1. The second-order valence-corrected chi connectivity index (χ2v) is 6.71. The average molecular weight is 374 g/mol. The van der Waals surface area contributed by atoms with Crippen LogP contribution in [0, 0.1) is 5.82 Å². The Labute approximate surface area is 157 Å². The van der Waals surface area contributed by atoms with E-state index in [0.29, 0.717) is 17.1 Å². The van der Waals surface area contributed by atoms with Crippen LogP contribution < -0.4 is 10.6 Å². The number of anilines is 3. The van der Waals surface area contributed by atoms with Crippen molar-refractivity contribution in [2.75, 3.05) is 17.2 Å². The summed E-state index contributed by atoms with van der Waals surface area (Å²) in [6, 6.07) is 6.67. The molecule has 7 nitrogen and oxygen atoms in total. The number of aromatic nitrogens is 1. The molecule has 1 heterocycles. The zero-order valence-electron chi connectivity index (χ0n) is 15.7. The van der Waals surface area contributed by atoms with Gasteiger partial charge in [0.1, 0.15) is 11.4 Å². The molecule has 2 N–H and O–H groups in total. The number of hydrogen-bond donors (Lipinski definition) is 2. The van der Waals surface area contributed by atoms with E-state index < -0.39 is 23.5 Å². The molecule has 0 radical (unpaired) electrons. The molecule has 0 bridgehead atoms. The van der Waals surface area contributed by atoms with Gasteiger partial charge in [-0.3, -0.25) is 4.98 Å². The third-order valence-electron chi connectivity index (χ3n) is 3.34. The molecule has 1 aromatic carbocycles. The van der Waals surface area contributed by atoms with Crippen molar-refractivity contribution in [1.29, 1.82) is 0 Å². The number of hydrogen-bond acceptors (Lipinski definition) is 5. The fraction of sp³-hybridized carbons (Fsp3) is 0.316. The first-order valence-corrected chi connectivity index (χ1v) is 8.47. The normalized spacial score (nSPS) is 10.9. The monoisotopic (exact) mass is 374 g/mol. The molecular formula is C19H23FN4O3. The molecular weight excluding hydrogens is 351 g/mol. The fourth-order valence-electron chi connectivity index (χ4n) is 2.18. The molecule has 144 valence electrons. The molecule has 0 saturated heterocycles. The van der Waals surface area contributed by atoms with Crippen molar-refractivity contribution in [3.63, 3.8) is 0 Å². The molecule has 0 aliphatic heterocycles. The predicted octanol–water partition coefficient (Wildman–Crippen LogP) is 4.75. The van der Waals surface area contributed by atoms with E-state index in [9.17, 15) is 14.0 Å². The van der Waals surface area contributed by atoms with Crippen molar-refractivity contribution in [1.82, 2.24) is 9.88 Å². The molecule has 0 fully saturated rings. The number of benzene rings is 1. The van der Waals surface area contributed by atoms with Gasteiger partial charge in [0.15, 0.2) is 0 Å². The van der Waals surface area contributed by atoms with Crippen molar-refractivity contribution in [2.24, 2.45) is 0 Å². The molecule has 2 aromatic rings. The van der Waals surface area contributed by atoms with Crippen molar-refractivity contribution >= 4 is 29.2 Å². The van der Waals surface area contributed by atoms with E-state index in [1.807, 2.05) is 0 Å². The second kappa shape index (κ2) is 8.48. The molecule has 3 amide bonds. The number of amides is 3. The van der Waals surface area contributed by atoms with Gasteiger partial charge in [0.05, 0.1) is 23.3 Å². The quantitative estimate of drug-likeness (QED) is 0.807. The maximum Gasteiger partial charge on any atom is 0.418 e. The van der Waals surface area contributed by atoms with E-state index in [4.69, 9.17) is 4.74 Å². The smallest absolute Gasteiger partial charge is 0.418 e. The molecule has 0 aliphatic carbocycles. The number of carbonyl (C=O) groups is 2. The Morgan fingerprint density at radius 1 is 1.22 bits per heavy atom. The van der Waals surface area contributed by atoms with E-state index in [0.717, 1.165) is 4.90 Å². The summed E-state index contributed by atoms with van der Waals surface area (Å²) in [6.45, 7) is 6.92. The van der Waals surface area contributed by atoms with Crippen LogP contribution in [-0.2, 0) is 4.74 Å².